The van der Waals surface area contributed by atoms with Crippen LogP contribution in [0.3, 0.4) is 0 Å². The first-order valence-corrected chi connectivity index (χ1v) is 6.88. The number of methoxy groups -OCH3 is 1. The highest BCUT2D eigenvalue weighted by atomic mass is 35.5. The summed E-state index contributed by atoms with van der Waals surface area (Å²) in [4.78, 5) is 8.51. The average molecular weight is 293 g/mol. The van der Waals surface area contributed by atoms with Crippen molar-refractivity contribution in [2.24, 2.45) is 0 Å². The molecule has 0 amide bonds. The molecule has 4 nitrogen and oxygen atoms in total. The number of halogens is 1. The van der Waals surface area contributed by atoms with Crippen LogP contribution >= 0.6 is 11.6 Å². The zero-order valence-corrected chi connectivity index (χ0v) is 12.4. The van der Waals surface area contributed by atoms with Crippen molar-refractivity contribution >= 4 is 11.6 Å². The summed E-state index contributed by atoms with van der Waals surface area (Å²) in [5.41, 5.74) is 1.04. The van der Waals surface area contributed by atoms with E-state index in [-0.39, 0.29) is 0 Å². The van der Waals surface area contributed by atoms with E-state index in [1.165, 1.54) is 0 Å². The number of nitrogens with zero attached hydrogens (tertiary/aromatic N) is 2. The van der Waals surface area contributed by atoms with E-state index in [4.69, 9.17) is 21.1 Å². The molecule has 1 aromatic heterocycles. The zero-order valence-electron chi connectivity index (χ0n) is 11.6. The van der Waals surface area contributed by atoms with Gasteiger partial charge in [0.1, 0.15) is 16.7 Å². The van der Waals surface area contributed by atoms with Crippen LogP contribution in [-0.4, -0.2) is 17.1 Å². The van der Waals surface area contributed by atoms with Gasteiger partial charge in [0.15, 0.2) is 0 Å². The molecule has 0 aliphatic rings. The van der Waals surface area contributed by atoms with Gasteiger partial charge in [-0.2, -0.15) is 4.98 Å². The maximum atomic E-state index is 5.98. The van der Waals surface area contributed by atoms with E-state index in [0.717, 1.165) is 18.4 Å². The lowest BCUT2D eigenvalue weighted by Gasteiger charge is -2.08. The average Bonchev–Trinajstić information content (AvgIpc) is 2.39. The van der Waals surface area contributed by atoms with Crippen LogP contribution in [0.25, 0.3) is 0 Å². The lowest BCUT2D eigenvalue weighted by atomic mass is 10.2. The Bertz CT molecular complexity index is 576. The predicted octanol–water partition coefficient (Wildman–Crippen LogP) is 4.02. The van der Waals surface area contributed by atoms with Gasteiger partial charge in [0.25, 0.3) is 0 Å². The molecule has 2 aromatic rings. The third-order valence-electron chi connectivity index (χ3n) is 2.62. The fraction of sp³-hybridized carbons (Fsp3) is 0.333. The summed E-state index contributed by atoms with van der Waals surface area (Å²) in [7, 11) is 1.66. The molecule has 5 heteroatoms. The van der Waals surface area contributed by atoms with Crippen LogP contribution in [0.2, 0.25) is 5.15 Å². The Hall–Kier alpha value is -1.65. The van der Waals surface area contributed by atoms with Crippen LogP contribution in [0.1, 0.15) is 24.7 Å². The number of hydrogen-bond acceptors (Lipinski definition) is 4. The second kappa shape index (κ2) is 7.22. The van der Waals surface area contributed by atoms with Gasteiger partial charge in [-0.25, -0.2) is 4.98 Å². The molecular weight excluding hydrogens is 276 g/mol. The van der Waals surface area contributed by atoms with Crippen molar-refractivity contribution in [1.29, 1.82) is 0 Å². The summed E-state index contributed by atoms with van der Waals surface area (Å²) in [6, 6.07) is 9.29. The quantitative estimate of drug-likeness (QED) is 0.754. The highest BCUT2D eigenvalue weighted by Crippen LogP contribution is 2.23. The van der Waals surface area contributed by atoms with Crippen LogP contribution in [0.5, 0.6) is 11.6 Å². The van der Waals surface area contributed by atoms with Crippen molar-refractivity contribution in [2.75, 3.05) is 7.11 Å². The van der Waals surface area contributed by atoms with E-state index in [0.29, 0.717) is 29.2 Å². The van der Waals surface area contributed by atoms with Crippen LogP contribution in [0.15, 0.2) is 30.3 Å². The SMILES string of the molecule is CCCc1nc(Cl)cc(Oc2cccc(COC)c2)n1. The Kier molecular flexibility index (Phi) is 5.32. The van der Waals surface area contributed by atoms with Crippen LogP contribution in [0, 0.1) is 0 Å². The topological polar surface area (TPSA) is 44.2 Å². The molecule has 0 saturated carbocycles. The molecule has 0 atom stereocenters. The molecule has 0 saturated heterocycles. The predicted molar refractivity (Wildman–Crippen MR) is 78.3 cm³/mol. The number of ether oxygens (including phenoxy) is 2. The van der Waals surface area contributed by atoms with E-state index in [1.807, 2.05) is 24.3 Å². The Morgan fingerprint density at radius 3 is 2.80 bits per heavy atom. The largest absolute Gasteiger partial charge is 0.439 e. The van der Waals surface area contributed by atoms with E-state index in [1.54, 1.807) is 13.2 Å². The molecule has 2 rings (SSSR count). The fourth-order valence-corrected chi connectivity index (χ4v) is 2.01. The zero-order chi connectivity index (χ0) is 14.4. The molecule has 106 valence electrons. The van der Waals surface area contributed by atoms with Gasteiger partial charge in [-0.1, -0.05) is 30.7 Å². The van der Waals surface area contributed by atoms with E-state index in [9.17, 15) is 0 Å². The second-order valence-corrected chi connectivity index (χ2v) is 4.76. The molecule has 1 heterocycles. The Morgan fingerprint density at radius 2 is 2.05 bits per heavy atom. The van der Waals surface area contributed by atoms with Crippen molar-refractivity contribution in [3.8, 4) is 11.6 Å². The van der Waals surface area contributed by atoms with Crippen LogP contribution in [-0.2, 0) is 17.8 Å². The van der Waals surface area contributed by atoms with E-state index in [2.05, 4.69) is 16.9 Å². The Morgan fingerprint density at radius 1 is 1.20 bits per heavy atom. The summed E-state index contributed by atoms with van der Waals surface area (Å²) >= 11 is 5.98. The summed E-state index contributed by atoms with van der Waals surface area (Å²) < 4.78 is 10.8. The Labute approximate surface area is 123 Å². The molecule has 1 aromatic carbocycles. The third kappa shape index (κ3) is 4.18. The first kappa shape index (κ1) is 14.8. The third-order valence-corrected chi connectivity index (χ3v) is 2.82. The van der Waals surface area contributed by atoms with Gasteiger partial charge in [0, 0.05) is 19.6 Å². The minimum Gasteiger partial charge on any atom is -0.439 e. The number of aryl methyl sites for hydroxylation is 1. The molecular formula is C15H17ClN2O2. The summed E-state index contributed by atoms with van der Waals surface area (Å²) in [6.45, 7) is 2.61. The monoisotopic (exact) mass is 292 g/mol. The summed E-state index contributed by atoms with van der Waals surface area (Å²) in [5.74, 6) is 1.86. The minimum atomic E-state index is 0.395. The van der Waals surface area contributed by atoms with Gasteiger partial charge < -0.3 is 9.47 Å². The van der Waals surface area contributed by atoms with Crippen molar-refractivity contribution in [3.63, 3.8) is 0 Å². The van der Waals surface area contributed by atoms with E-state index < -0.39 is 0 Å². The highest BCUT2D eigenvalue weighted by Gasteiger charge is 2.05. The molecule has 0 aliphatic carbocycles. The maximum Gasteiger partial charge on any atom is 0.224 e. The first-order valence-electron chi connectivity index (χ1n) is 6.50. The molecule has 0 bridgehead atoms. The smallest absolute Gasteiger partial charge is 0.224 e. The molecule has 0 fully saturated rings. The number of benzene rings is 1. The minimum absolute atomic E-state index is 0.395. The van der Waals surface area contributed by atoms with Gasteiger partial charge in [-0.15, -0.1) is 0 Å². The van der Waals surface area contributed by atoms with Gasteiger partial charge in [-0.05, 0) is 24.1 Å². The lowest BCUT2D eigenvalue weighted by molar-refractivity contribution is 0.184. The number of hydrogen-bond donors (Lipinski definition) is 0. The van der Waals surface area contributed by atoms with Crippen molar-refractivity contribution in [2.45, 2.75) is 26.4 Å². The lowest BCUT2D eigenvalue weighted by Crippen LogP contribution is -1.98. The van der Waals surface area contributed by atoms with Crippen LogP contribution < -0.4 is 4.74 Å². The summed E-state index contributed by atoms with van der Waals surface area (Å²) in [6.07, 6.45) is 1.74. The van der Waals surface area contributed by atoms with Crippen molar-refractivity contribution in [1.82, 2.24) is 9.97 Å². The molecule has 20 heavy (non-hydrogen) atoms. The van der Waals surface area contributed by atoms with Gasteiger partial charge in [0.2, 0.25) is 5.88 Å². The standard InChI is InChI=1S/C15H17ClN2O2/c1-3-5-14-17-13(16)9-15(18-14)20-12-7-4-6-11(8-12)10-19-2/h4,6-9H,3,5,10H2,1-2H3. The molecule has 0 unspecified atom stereocenters. The fourth-order valence-electron chi connectivity index (χ4n) is 1.82. The second-order valence-electron chi connectivity index (χ2n) is 4.38. The molecule has 0 radical (unpaired) electrons. The van der Waals surface area contributed by atoms with E-state index >= 15 is 0 Å². The normalized spacial score (nSPS) is 10.6. The molecule has 0 spiro atoms. The van der Waals surface area contributed by atoms with Crippen molar-refractivity contribution in [3.05, 3.63) is 46.9 Å². The van der Waals surface area contributed by atoms with Gasteiger partial charge in [-0.3, -0.25) is 0 Å². The first-order chi connectivity index (χ1) is 9.71. The van der Waals surface area contributed by atoms with Crippen molar-refractivity contribution < 1.29 is 9.47 Å². The summed E-state index contributed by atoms with van der Waals surface area (Å²) in [5, 5.41) is 0.395. The van der Waals surface area contributed by atoms with Gasteiger partial charge in [0.05, 0.1) is 6.61 Å². The number of aromatic nitrogens is 2. The molecule has 0 N–H and O–H groups in total. The molecule has 0 aliphatic heterocycles. The van der Waals surface area contributed by atoms with Crippen LogP contribution in [0.4, 0.5) is 0 Å². The maximum absolute atomic E-state index is 5.98. The Balaban J connectivity index is 2.18. The van der Waals surface area contributed by atoms with Gasteiger partial charge >= 0.3 is 0 Å². The number of rotatable bonds is 6. The highest BCUT2D eigenvalue weighted by molar-refractivity contribution is 6.29.